The zero-order valence-corrected chi connectivity index (χ0v) is 8.41. The maximum atomic E-state index is 13.1. The van der Waals surface area contributed by atoms with E-state index in [1.807, 2.05) is 0 Å². The number of nitrogens with two attached hydrogens (primary N) is 1. The van der Waals surface area contributed by atoms with Gasteiger partial charge in [-0.3, -0.25) is 11.3 Å². The Morgan fingerprint density at radius 2 is 2.25 bits per heavy atom. The average molecular weight is 254 g/mol. The molecule has 0 atom stereocenters. The van der Waals surface area contributed by atoms with Gasteiger partial charge in [0.05, 0.1) is 0 Å². The van der Waals surface area contributed by atoms with Gasteiger partial charge in [0.2, 0.25) is 0 Å². The zero-order chi connectivity index (χ0) is 9.14. The Morgan fingerprint density at radius 3 is 2.75 bits per heavy atom. The van der Waals surface area contributed by atoms with Crippen LogP contribution < -0.4 is 11.3 Å². The van der Waals surface area contributed by atoms with Crippen molar-refractivity contribution in [3.8, 4) is 0 Å². The van der Waals surface area contributed by atoms with Crippen LogP contribution in [0.25, 0.3) is 0 Å². The Balaban J connectivity index is 3.10. The number of rotatable bonds is 2. The van der Waals surface area contributed by atoms with E-state index in [0.717, 1.165) is 0 Å². The predicted octanol–water partition coefficient (Wildman–Crippen LogP) is 2.20. The van der Waals surface area contributed by atoms with Crippen LogP contribution in [0.15, 0.2) is 16.6 Å². The highest BCUT2D eigenvalue weighted by molar-refractivity contribution is 9.10. The molecule has 0 aromatic heterocycles. The van der Waals surface area contributed by atoms with Crippen molar-refractivity contribution in [1.29, 1.82) is 0 Å². The van der Waals surface area contributed by atoms with Crippen LogP contribution >= 0.6 is 27.5 Å². The van der Waals surface area contributed by atoms with E-state index in [9.17, 15) is 4.39 Å². The molecule has 0 heterocycles. The summed E-state index contributed by atoms with van der Waals surface area (Å²) in [7, 11) is 0. The van der Waals surface area contributed by atoms with Gasteiger partial charge in [0.15, 0.2) is 0 Å². The van der Waals surface area contributed by atoms with Crippen molar-refractivity contribution >= 4 is 27.5 Å². The standard InChI is InChI=1S/C7H7BrClFN2/c8-6-1-4(9)2-7(10)5(6)3-12-11/h1-2,12H,3,11H2. The molecule has 0 aliphatic carbocycles. The van der Waals surface area contributed by atoms with Crippen molar-refractivity contribution < 1.29 is 4.39 Å². The Kier molecular flexibility index (Phi) is 3.46. The van der Waals surface area contributed by atoms with E-state index >= 15 is 0 Å². The number of hydrazine groups is 1. The quantitative estimate of drug-likeness (QED) is 0.626. The van der Waals surface area contributed by atoms with Gasteiger partial charge in [0, 0.05) is 21.6 Å². The average Bonchev–Trinajstić information content (AvgIpc) is 1.96. The monoisotopic (exact) mass is 252 g/mol. The SMILES string of the molecule is NNCc1c(F)cc(Cl)cc1Br. The smallest absolute Gasteiger partial charge is 0.130 e. The van der Waals surface area contributed by atoms with Gasteiger partial charge < -0.3 is 0 Å². The van der Waals surface area contributed by atoms with Gasteiger partial charge in [0.25, 0.3) is 0 Å². The first-order valence-corrected chi connectivity index (χ1v) is 4.39. The summed E-state index contributed by atoms with van der Waals surface area (Å²) in [4.78, 5) is 0. The fourth-order valence-electron chi connectivity index (χ4n) is 0.843. The highest BCUT2D eigenvalue weighted by Crippen LogP contribution is 2.24. The number of halogens is 3. The molecule has 0 aliphatic heterocycles. The molecule has 0 saturated carbocycles. The highest BCUT2D eigenvalue weighted by Gasteiger charge is 2.07. The fraction of sp³-hybridized carbons (Fsp3) is 0.143. The molecule has 0 bridgehead atoms. The minimum atomic E-state index is -0.368. The molecule has 1 aromatic carbocycles. The molecule has 0 radical (unpaired) electrons. The molecular weight excluding hydrogens is 246 g/mol. The van der Waals surface area contributed by atoms with Crippen LogP contribution in [-0.2, 0) is 6.54 Å². The van der Waals surface area contributed by atoms with Gasteiger partial charge >= 0.3 is 0 Å². The van der Waals surface area contributed by atoms with Crippen molar-refractivity contribution in [2.24, 2.45) is 5.84 Å². The lowest BCUT2D eigenvalue weighted by atomic mass is 10.2. The molecular formula is C7H7BrClFN2. The minimum Gasteiger partial charge on any atom is -0.271 e. The second-order valence-corrected chi connectivity index (χ2v) is 3.52. The van der Waals surface area contributed by atoms with E-state index in [2.05, 4.69) is 21.4 Å². The van der Waals surface area contributed by atoms with E-state index in [1.54, 1.807) is 6.07 Å². The summed E-state index contributed by atoms with van der Waals surface area (Å²) in [6.45, 7) is 0.267. The van der Waals surface area contributed by atoms with Crippen LogP contribution in [-0.4, -0.2) is 0 Å². The topological polar surface area (TPSA) is 38.0 Å². The highest BCUT2D eigenvalue weighted by atomic mass is 79.9. The molecule has 0 saturated heterocycles. The van der Waals surface area contributed by atoms with E-state index in [0.29, 0.717) is 15.1 Å². The summed E-state index contributed by atoms with van der Waals surface area (Å²) in [5.41, 5.74) is 2.85. The normalized spacial score (nSPS) is 10.3. The maximum Gasteiger partial charge on any atom is 0.130 e. The lowest BCUT2D eigenvalue weighted by Gasteiger charge is -2.05. The van der Waals surface area contributed by atoms with Crippen molar-refractivity contribution in [3.63, 3.8) is 0 Å². The van der Waals surface area contributed by atoms with Gasteiger partial charge in [0.1, 0.15) is 5.82 Å². The van der Waals surface area contributed by atoms with Crippen molar-refractivity contribution in [2.45, 2.75) is 6.54 Å². The summed E-state index contributed by atoms with van der Waals surface area (Å²) in [6.07, 6.45) is 0. The molecule has 0 spiro atoms. The van der Waals surface area contributed by atoms with E-state index in [4.69, 9.17) is 17.4 Å². The van der Waals surface area contributed by atoms with Gasteiger partial charge in [-0.05, 0) is 12.1 Å². The second-order valence-electron chi connectivity index (χ2n) is 2.23. The van der Waals surface area contributed by atoms with Crippen LogP contribution in [0.1, 0.15) is 5.56 Å². The molecule has 0 aliphatic rings. The Labute approximate surface area is 83.0 Å². The molecule has 0 unspecified atom stereocenters. The predicted molar refractivity (Wildman–Crippen MR) is 50.1 cm³/mol. The Hall–Kier alpha value is -0.160. The van der Waals surface area contributed by atoms with Crippen molar-refractivity contribution in [2.75, 3.05) is 0 Å². The largest absolute Gasteiger partial charge is 0.271 e. The van der Waals surface area contributed by atoms with Crippen molar-refractivity contribution in [1.82, 2.24) is 5.43 Å². The molecule has 66 valence electrons. The van der Waals surface area contributed by atoms with E-state index in [-0.39, 0.29) is 12.4 Å². The lowest BCUT2D eigenvalue weighted by Crippen LogP contribution is -2.21. The van der Waals surface area contributed by atoms with Crippen LogP contribution in [0.4, 0.5) is 4.39 Å². The number of hydrogen-bond donors (Lipinski definition) is 2. The van der Waals surface area contributed by atoms with Gasteiger partial charge in [-0.25, -0.2) is 4.39 Å². The van der Waals surface area contributed by atoms with E-state index in [1.165, 1.54) is 6.07 Å². The zero-order valence-electron chi connectivity index (χ0n) is 6.07. The Bertz CT molecular complexity index is 270. The first kappa shape index (κ1) is 9.92. The second kappa shape index (κ2) is 4.18. The number of benzene rings is 1. The third-order valence-corrected chi connectivity index (χ3v) is 2.31. The summed E-state index contributed by atoms with van der Waals surface area (Å²) in [5.74, 6) is 4.70. The van der Waals surface area contributed by atoms with Gasteiger partial charge in [-0.15, -0.1) is 0 Å². The molecule has 0 fully saturated rings. The molecule has 2 nitrogen and oxygen atoms in total. The minimum absolute atomic E-state index is 0.267. The lowest BCUT2D eigenvalue weighted by molar-refractivity contribution is 0.592. The van der Waals surface area contributed by atoms with Crippen LogP contribution in [0.3, 0.4) is 0 Å². The Morgan fingerprint density at radius 1 is 1.58 bits per heavy atom. The number of nitrogens with one attached hydrogen (secondary N) is 1. The summed E-state index contributed by atoms with van der Waals surface area (Å²) < 4.78 is 13.7. The number of hydrogen-bond acceptors (Lipinski definition) is 2. The van der Waals surface area contributed by atoms with Crippen LogP contribution in [0, 0.1) is 5.82 Å². The summed E-state index contributed by atoms with van der Waals surface area (Å²) in [6, 6.07) is 2.87. The molecule has 1 rings (SSSR count). The van der Waals surface area contributed by atoms with Gasteiger partial charge in [-0.1, -0.05) is 27.5 Å². The molecule has 3 N–H and O–H groups in total. The summed E-state index contributed by atoms with van der Waals surface area (Å²) >= 11 is 8.78. The maximum absolute atomic E-state index is 13.1. The molecule has 0 amide bonds. The van der Waals surface area contributed by atoms with Crippen LogP contribution in [0.2, 0.25) is 5.02 Å². The third-order valence-electron chi connectivity index (χ3n) is 1.38. The molecule has 1 aromatic rings. The van der Waals surface area contributed by atoms with Crippen molar-refractivity contribution in [3.05, 3.63) is 33.0 Å². The first-order valence-electron chi connectivity index (χ1n) is 3.22. The van der Waals surface area contributed by atoms with E-state index < -0.39 is 0 Å². The molecule has 12 heavy (non-hydrogen) atoms. The fourth-order valence-corrected chi connectivity index (χ4v) is 1.76. The first-order chi connectivity index (χ1) is 5.65. The van der Waals surface area contributed by atoms with Gasteiger partial charge in [-0.2, -0.15) is 0 Å². The third kappa shape index (κ3) is 2.17. The summed E-state index contributed by atoms with van der Waals surface area (Å²) in [5, 5.41) is 0.361. The van der Waals surface area contributed by atoms with Crippen LogP contribution in [0.5, 0.6) is 0 Å². The molecule has 5 heteroatoms.